The van der Waals surface area contributed by atoms with Gasteiger partial charge in [0.05, 0.1) is 5.92 Å². The highest BCUT2D eigenvalue weighted by Crippen LogP contribution is 2.36. The van der Waals surface area contributed by atoms with Crippen molar-refractivity contribution in [3.63, 3.8) is 0 Å². The molecule has 1 saturated carbocycles. The summed E-state index contributed by atoms with van der Waals surface area (Å²) in [5.74, 6) is -0.00607. The van der Waals surface area contributed by atoms with E-state index in [2.05, 4.69) is 18.7 Å². The molecule has 0 radical (unpaired) electrons. The maximum Gasteiger partial charge on any atom is 0.308 e. The SMILES string of the molecule is CC1CCCC1N1CCC(C(=O)O)C1C. The number of nitrogens with zero attached hydrogens (tertiary/aromatic N) is 1. The van der Waals surface area contributed by atoms with Gasteiger partial charge in [-0.15, -0.1) is 0 Å². The van der Waals surface area contributed by atoms with Gasteiger partial charge in [0.25, 0.3) is 0 Å². The highest BCUT2D eigenvalue weighted by atomic mass is 16.4. The first-order valence-electron chi connectivity index (χ1n) is 6.10. The Bertz CT molecular complexity index is 254. The van der Waals surface area contributed by atoms with E-state index in [4.69, 9.17) is 5.11 Å². The average molecular weight is 211 g/mol. The van der Waals surface area contributed by atoms with Crippen molar-refractivity contribution in [2.45, 2.75) is 51.6 Å². The summed E-state index contributed by atoms with van der Waals surface area (Å²) in [4.78, 5) is 13.5. The summed E-state index contributed by atoms with van der Waals surface area (Å²) in [5.41, 5.74) is 0. The number of rotatable bonds is 2. The molecule has 2 fully saturated rings. The summed E-state index contributed by atoms with van der Waals surface area (Å²) in [6.45, 7) is 5.36. The summed E-state index contributed by atoms with van der Waals surface area (Å²) in [6.07, 6.45) is 4.72. The molecule has 0 aromatic rings. The van der Waals surface area contributed by atoms with E-state index >= 15 is 0 Å². The van der Waals surface area contributed by atoms with Gasteiger partial charge in [-0.2, -0.15) is 0 Å². The van der Waals surface area contributed by atoms with Crippen LogP contribution in [0.25, 0.3) is 0 Å². The van der Waals surface area contributed by atoms with Gasteiger partial charge in [-0.25, -0.2) is 0 Å². The molecule has 4 atom stereocenters. The van der Waals surface area contributed by atoms with Crippen molar-refractivity contribution in [2.75, 3.05) is 6.54 Å². The monoisotopic (exact) mass is 211 g/mol. The third-order valence-electron chi connectivity index (χ3n) is 4.36. The van der Waals surface area contributed by atoms with Crippen LogP contribution in [-0.2, 0) is 4.79 Å². The average Bonchev–Trinajstić information content (AvgIpc) is 2.71. The molecule has 2 rings (SSSR count). The lowest BCUT2D eigenvalue weighted by Gasteiger charge is -2.32. The van der Waals surface area contributed by atoms with Crippen LogP contribution in [0.15, 0.2) is 0 Å². The molecule has 15 heavy (non-hydrogen) atoms. The van der Waals surface area contributed by atoms with E-state index in [1.165, 1.54) is 19.3 Å². The lowest BCUT2D eigenvalue weighted by Crippen LogP contribution is -2.41. The summed E-state index contributed by atoms with van der Waals surface area (Å²) in [5, 5.41) is 9.08. The normalized spacial score (nSPS) is 42.3. The lowest BCUT2D eigenvalue weighted by atomic mass is 10.00. The smallest absolute Gasteiger partial charge is 0.308 e. The van der Waals surface area contributed by atoms with Crippen LogP contribution in [0.5, 0.6) is 0 Å². The maximum absolute atomic E-state index is 11.0. The first kappa shape index (κ1) is 10.9. The van der Waals surface area contributed by atoms with Crippen LogP contribution in [0.3, 0.4) is 0 Å². The summed E-state index contributed by atoms with van der Waals surface area (Å²) < 4.78 is 0. The number of hydrogen-bond donors (Lipinski definition) is 1. The molecule has 4 unspecified atom stereocenters. The van der Waals surface area contributed by atoms with Crippen molar-refractivity contribution < 1.29 is 9.90 Å². The zero-order valence-electron chi connectivity index (χ0n) is 9.65. The quantitative estimate of drug-likeness (QED) is 0.759. The number of hydrogen-bond acceptors (Lipinski definition) is 2. The molecule has 86 valence electrons. The molecule has 0 spiro atoms. The Kier molecular flexibility index (Phi) is 3.01. The van der Waals surface area contributed by atoms with Gasteiger partial charge in [0.15, 0.2) is 0 Å². The van der Waals surface area contributed by atoms with Crippen molar-refractivity contribution >= 4 is 5.97 Å². The molecular weight excluding hydrogens is 190 g/mol. The number of carboxylic acid groups (broad SMARTS) is 1. The van der Waals surface area contributed by atoms with Crippen molar-refractivity contribution in [3.05, 3.63) is 0 Å². The zero-order valence-corrected chi connectivity index (χ0v) is 9.65. The Morgan fingerprint density at radius 3 is 2.47 bits per heavy atom. The number of carbonyl (C=O) groups is 1. The van der Waals surface area contributed by atoms with E-state index in [1.807, 2.05) is 0 Å². The van der Waals surface area contributed by atoms with Crippen molar-refractivity contribution in [1.29, 1.82) is 0 Å². The van der Waals surface area contributed by atoms with Crippen LogP contribution < -0.4 is 0 Å². The van der Waals surface area contributed by atoms with Crippen LogP contribution >= 0.6 is 0 Å². The van der Waals surface area contributed by atoms with E-state index in [-0.39, 0.29) is 12.0 Å². The highest BCUT2D eigenvalue weighted by Gasteiger charge is 2.41. The third kappa shape index (κ3) is 1.89. The predicted octanol–water partition coefficient (Wildman–Crippen LogP) is 1.97. The minimum Gasteiger partial charge on any atom is -0.481 e. The van der Waals surface area contributed by atoms with Crippen molar-refractivity contribution in [2.24, 2.45) is 11.8 Å². The molecule has 0 bridgehead atoms. The zero-order chi connectivity index (χ0) is 11.0. The molecule has 1 saturated heterocycles. The molecule has 3 heteroatoms. The molecule has 1 heterocycles. The molecule has 1 N–H and O–H groups in total. The summed E-state index contributed by atoms with van der Waals surface area (Å²) in [6, 6.07) is 0.873. The summed E-state index contributed by atoms with van der Waals surface area (Å²) in [7, 11) is 0. The van der Waals surface area contributed by atoms with Crippen LogP contribution in [0, 0.1) is 11.8 Å². The Morgan fingerprint density at radius 1 is 1.27 bits per heavy atom. The first-order valence-corrected chi connectivity index (χ1v) is 6.10. The molecule has 3 nitrogen and oxygen atoms in total. The molecule has 1 aliphatic heterocycles. The maximum atomic E-state index is 11.0. The standard InChI is InChI=1S/C12H21NO2/c1-8-4-3-5-11(8)13-7-6-10(9(13)2)12(14)15/h8-11H,3-7H2,1-2H3,(H,14,15). The second kappa shape index (κ2) is 4.12. The molecule has 0 aromatic carbocycles. The van der Waals surface area contributed by atoms with Gasteiger partial charge in [0.1, 0.15) is 0 Å². The fourth-order valence-electron chi connectivity index (χ4n) is 3.38. The van der Waals surface area contributed by atoms with Crippen LogP contribution in [-0.4, -0.2) is 34.6 Å². The van der Waals surface area contributed by atoms with Gasteiger partial charge in [-0.1, -0.05) is 13.3 Å². The van der Waals surface area contributed by atoms with E-state index in [0.717, 1.165) is 18.9 Å². The van der Waals surface area contributed by atoms with Gasteiger partial charge in [-0.05, 0) is 38.6 Å². The second-order valence-electron chi connectivity index (χ2n) is 5.19. The van der Waals surface area contributed by atoms with Gasteiger partial charge >= 0.3 is 5.97 Å². The highest BCUT2D eigenvalue weighted by molar-refractivity contribution is 5.71. The number of aliphatic carboxylic acids is 1. The van der Waals surface area contributed by atoms with E-state index in [0.29, 0.717) is 6.04 Å². The second-order valence-corrected chi connectivity index (χ2v) is 5.19. The lowest BCUT2D eigenvalue weighted by molar-refractivity contribution is -0.142. The molecule has 2 aliphatic rings. The van der Waals surface area contributed by atoms with Gasteiger partial charge < -0.3 is 5.11 Å². The number of carboxylic acids is 1. The minimum atomic E-state index is -0.615. The minimum absolute atomic E-state index is 0.141. The van der Waals surface area contributed by atoms with Gasteiger partial charge in [0, 0.05) is 12.1 Å². The van der Waals surface area contributed by atoms with Crippen LogP contribution in [0.2, 0.25) is 0 Å². The molecule has 0 aromatic heterocycles. The Labute approximate surface area is 91.5 Å². The first-order chi connectivity index (χ1) is 7.11. The van der Waals surface area contributed by atoms with E-state index in [9.17, 15) is 4.79 Å². The van der Waals surface area contributed by atoms with Gasteiger partial charge in [-0.3, -0.25) is 9.69 Å². The van der Waals surface area contributed by atoms with E-state index < -0.39 is 5.97 Å². The fourth-order valence-corrected chi connectivity index (χ4v) is 3.38. The predicted molar refractivity (Wildman–Crippen MR) is 58.7 cm³/mol. The van der Waals surface area contributed by atoms with E-state index in [1.54, 1.807) is 0 Å². The van der Waals surface area contributed by atoms with Crippen LogP contribution in [0.4, 0.5) is 0 Å². The van der Waals surface area contributed by atoms with Crippen molar-refractivity contribution in [3.8, 4) is 0 Å². The van der Waals surface area contributed by atoms with Crippen molar-refractivity contribution in [1.82, 2.24) is 4.90 Å². The Morgan fingerprint density at radius 2 is 2.00 bits per heavy atom. The molecule has 1 aliphatic carbocycles. The largest absolute Gasteiger partial charge is 0.481 e. The fraction of sp³-hybridized carbons (Fsp3) is 0.917. The summed E-state index contributed by atoms with van der Waals surface area (Å²) >= 11 is 0. The van der Waals surface area contributed by atoms with Gasteiger partial charge in [0.2, 0.25) is 0 Å². The number of likely N-dealkylation sites (tertiary alicyclic amines) is 1. The topological polar surface area (TPSA) is 40.5 Å². The molecule has 0 amide bonds. The van der Waals surface area contributed by atoms with Crippen LogP contribution in [0.1, 0.15) is 39.5 Å². The Hall–Kier alpha value is -0.570. The molecular formula is C12H21NO2. The third-order valence-corrected chi connectivity index (χ3v) is 4.36. The Balaban J connectivity index is 2.03.